The Kier molecular flexibility index (Phi) is 5.29. The van der Waals surface area contributed by atoms with E-state index < -0.39 is 0 Å². The van der Waals surface area contributed by atoms with Crippen LogP contribution in [0.25, 0.3) is 22.3 Å². The van der Waals surface area contributed by atoms with Gasteiger partial charge in [-0.3, -0.25) is 0 Å². The zero-order valence-electron chi connectivity index (χ0n) is 17.2. The second kappa shape index (κ2) is 8.24. The molecule has 1 aliphatic heterocycles. The topological polar surface area (TPSA) is 89.0 Å². The van der Waals surface area contributed by atoms with E-state index >= 15 is 0 Å². The highest BCUT2D eigenvalue weighted by Gasteiger charge is 2.29. The number of aromatic amines is 1. The Bertz CT molecular complexity index is 1230. The summed E-state index contributed by atoms with van der Waals surface area (Å²) >= 11 is 3.36. The molecule has 0 fully saturated rings. The van der Waals surface area contributed by atoms with Gasteiger partial charge in [0, 0.05) is 42.3 Å². The molecule has 9 heteroatoms. The van der Waals surface area contributed by atoms with Crippen LogP contribution in [0.1, 0.15) is 24.2 Å². The number of nitrogens with zero attached hydrogens (tertiary/aromatic N) is 5. The van der Waals surface area contributed by atoms with Crippen LogP contribution in [-0.2, 0) is 11.2 Å². The number of rotatable bonds is 5. The van der Waals surface area contributed by atoms with Crippen molar-refractivity contribution in [1.82, 2.24) is 25.1 Å². The van der Waals surface area contributed by atoms with E-state index in [0.717, 1.165) is 45.7 Å². The van der Waals surface area contributed by atoms with E-state index in [1.54, 1.807) is 19.5 Å². The van der Waals surface area contributed by atoms with Crippen molar-refractivity contribution in [2.75, 3.05) is 25.3 Å². The van der Waals surface area contributed by atoms with E-state index in [9.17, 15) is 0 Å². The fraction of sp³-hybridized carbons (Fsp3) is 0.273. The van der Waals surface area contributed by atoms with Gasteiger partial charge in [-0.25, -0.2) is 9.97 Å². The standard InChI is InChI=1S/C22H21BrN6O2/c1-13-21-15-9-17(14-5-3-4-6-18(14)31-12-30-2)27-28-22(15)26-16(21)7-8-29(13)20-11-24-19(23)10-25-20/h3-6,9-11,13H,7-8,12H2,1-2H3,(H,26,28)/t13-/m0/s1. The molecule has 1 aromatic carbocycles. The van der Waals surface area contributed by atoms with Crippen molar-refractivity contribution in [2.45, 2.75) is 19.4 Å². The first kappa shape index (κ1) is 19.9. The molecule has 4 aromatic rings. The highest BCUT2D eigenvalue weighted by atomic mass is 79.9. The molecule has 1 atom stereocenters. The lowest BCUT2D eigenvalue weighted by Crippen LogP contribution is -2.34. The normalized spacial score (nSPS) is 15.8. The molecule has 0 spiro atoms. The molecule has 0 unspecified atom stereocenters. The highest BCUT2D eigenvalue weighted by Crippen LogP contribution is 2.38. The van der Waals surface area contributed by atoms with Gasteiger partial charge in [0.1, 0.15) is 16.2 Å². The van der Waals surface area contributed by atoms with Crippen LogP contribution in [0, 0.1) is 0 Å². The summed E-state index contributed by atoms with van der Waals surface area (Å²) in [6, 6.07) is 9.98. The fourth-order valence-electron chi connectivity index (χ4n) is 4.14. The Morgan fingerprint density at radius 1 is 1.19 bits per heavy atom. The number of fused-ring (bicyclic) bond motifs is 3. The second-order valence-corrected chi connectivity index (χ2v) is 8.19. The summed E-state index contributed by atoms with van der Waals surface area (Å²) in [5, 5.41) is 10.00. The lowest BCUT2D eigenvalue weighted by molar-refractivity contribution is 0.0515. The van der Waals surface area contributed by atoms with Crippen LogP contribution in [0.15, 0.2) is 47.3 Å². The number of methoxy groups -OCH3 is 1. The van der Waals surface area contributed by atoms with Crippen molar-refractivity contribution >= 4 is 32.8 Å². The molecule has 1 N–H and O–H groups in total. The summed E-state index contributed by atoms with van der Waals surface area (Å²) in [6.07, 6.45) is 4.40. The monoisotopic (exact) mass is 480 g/mol. The maximum Gasteiger partial charge on any atom is 0.188 e. The largest absolute Gasteiger partial charge is 0.467 e. The summed E-state index contributed by atoms with van der Waals surface area (Å²) in [4.78, 5) is 14.6. The molecule has 1 aliphatic rings. The second-order valence-electron chi connectivity index (χ2n) is 7.37. The van der Waals surface area contributed by atoms with E-state index in [1.165, 1.54) is 11.3 Å². The number of para-hydroxylation sites is 1. The number of benzene rings is 1. The van der Waals surface area contributed by atoms with Gasteiger partial charge >= 0.3 is 0 Å². The molecule has 0 saturated carbocycles. The Morgan fingerprint density at radius 2 is 2.06 bits per heavy atom. The molecule has 0 amide bonds. The number of hydrogen-bond acceptors (Lipinski definition) is 7. The van der Waals surface area contributed by atoms with Gasteiger partial charge in [-0.15, -0.1) is 10.2 Å². The van der Waals surface area contributed by atoms with Gasteiger partial charge in [0.25, 0.3) is 0 Å². The number of halogens is 1. The maximum absolute atomic E-state index is 5.73. The van der Waals surface area contributed by atoms with Crippen molar-refractivity contribution in [1.29, 1.82) is 0 Å². The van der Waals surface area contributed by atoms with Crippen LogP contribution in [0.5, 0.6) is 5.75 Å². The third-order valence-electron chi connectivity index (χ3n) is 5.56. The molecule has 3 aromatic heterocycles. The molecule has 8 nitrogen and oxygen atoms in total. The smallest absolute Gasteiger partial charge is 0.188 e. The lowest BCUT2D eigenvalue weighted by atomic mass is 9.97. The Labute approximate surface area is 187 Å². The van der Waals surface area contributed by atoms with Gasteiger partial charge in [0.15, 0.2) is 12.4 Å². The first-order valence-corrected chi connectivity index (χ1v) is 10.8. The zero-order valence-corrected chi connectivity index (χ0v) is 18.8. The number of hydrogen-bond donors (Lipinski definition) is 1. The van der Waals surface area contributed by atoms with Gasteiger partial charge in [-0.1, -0.05) is 12.1 Å². The molecular weight excluding hydrogens is 460 g/mol. The summed E-state index contributed by atoms with van der Waals surface area (Å²) in [5.41, 5.74) is 4.84. The molecule has 4 heterocycles. The third kappa shape index (κ3) is 3.64. The van der Waals surface area contributed by atoms with Crippen LogP contribution < -0.4 is 9.64 Å². The summed E-state index contributed by atoms with van der Waals surface area (Å²) < 4.78 is 11.5. The predicted molar refractivity (Wildman–Crippen MR) is 121 cm³/mol. The van der Waals surface area contributed by atoms with Crippen LogP contribution in [0.2, 0.25) is 0 Å². The molecule has 5 rings (SSSR count). The minimum absolute atomic E-state index is 0.116. The van der Waals surface area contributed by atoms with Crippen molar-refractivity contribution in [3.8, 4) is 17.0 Å². The third-order valence-corrected chi connectivity index (χ3v) is 5.97. The van der Waals surface area contributed by atoms with Crippen molar-refractivity contribution in [2.24, 2.45) is 0 Å². The summed E-state index contributed by atoms with van der Waals surface area (Å²) in [5.74, 6) is 1.57. The first-order chi connectivity index (χ1) is 15.2. The molecular formula is C22H21BrN6O2. The SMILES string of the molecule is COCOc1ccccc1-c1cc2c3c([nH]c2nn1)CCN(c1cnc(Br)cn1)[C@H]3C. The summed E-state index contributed by atoms with van der Waals surface area (Å²) in [6.45, 7) is 3.21. The van der Waals surface area contributed by atoms with Crippen molar-refractivity contribution in [3.63, 3.8) is 0 Å². The van der Waals surface area contributed by atoms with Crippen LogP contribution in [-0.4, -0.2) is 45.6 Å². The molecule has 158 valence electrons. The van der Waals surface area contributed by atoms with E-state index in [2.05, 4.69) is 59.0 Å². The number of ether oxygens (including phenoxy) is 2. The molecule has 0 aliphatic carbocycles. The average molecular weight is 481 g/mol. The van der Waals surface area contributed by atoms with Crippen LogP contribution >= 0.6 is 15.9 Å². The van der Waals surface area contributed by atoms with Crippen LogP contribution in [0.4, 0.5) is 5.82 Å². The van der Waals surface area contributed by atoms with E-state index in [4.69, 9.17) is 9.47 Å². The van der Waals surface area contributed by atoms with Crippen molar-refractivity contribution < 1.29 is 9.47 Å². The summed E-state index contributed by atoms with van der Waals surface area (Å²) in [7, 11) is 1.60. The Hall–Kier alpha value is -3.04. The maximum atomic E-state index is 5.73. The van der Waals surface area contributed by atoms with Crippen LogP contribution in [0.3, 0.4) is 0 Å². The molecule has 0 radical (unpaired) electrons. The van der Waals surface area contributed by atoms with Gasteiger partial charge in [-0.2, -0.15) is 0 Å². The Balaban J connectivity index is 1.57. The average Bonchev–Trinajstić information content (AvgIpc) is 3.17. The van der Waals surface area contributed by atoms with Gasteiger partial charge < -0.3 is 19.4 Å². The van der Waals surface area contributed by atoms with Gasteiger partial charge in [-0.05, 0) is 41.1 Å². The highest BCUT2D eigenvalue weighted by molar-refractivity contribution is 9.10. The number of H-pyrrole nitrogens is 1. The predicted octanol–water partition coefficient (Wildman–Crippen LogP) is 4.28. The molecule has 0 bridgehead atoms. The lowest BCUT2D eigenvalue weighted by Gasteiger charge is -2.34. The molecule has 0 saturated heterocycles. The number of aromatic nitrogens is 5. The van der Waals surface area contributed by atoms with Gasteiger partial charge in [0.2, 0.25) is 0 Å². The zero-order chi connectivity index (χ0) is 21.4. The fourth-order valence-corrected chi connectivity index (χ4v) is 4.35. The quantitative estimate of drug-likeness (QED) is 0.426. The Morgan fingerprint density at radius 3 is 2.87 bits per heavy atom. The minimum atomic E-state index is 0.116. The minimum Gasteiger partial charge on any atom is -0.467 e. The van der Waals surface area contributed by atoms with Gasteiger partial charge in [0.05, 0.1) is 24.1 Å². The number of nitrogens with one attached hydrogen (secondary N) is 1. The number of anilines is 1. The first-order valence-electron chi connectivity index (χ1n) is 9.99. The van der Waals surface area contributed by atoms with E-state index in [0.29, 0.717) is 5.75 Å². The van der Waals surface area contributed by atoms with E-state index in [-0.39, 0.29) is 12.8 Å². The van der Waals surface area contributed by atoms with Crippen molar-refractivity contribution in [3.05, 3.63) is 58.6 Å². The van der Waals surface area contributed by atoms with E-state index in [1.807, 2.05) is 24.3 Å². The molecule has 31 heavy (non-hydrogen) atoms.